The number of carbonyl (C=O) groups excluding carboxylic acids is 2. The summed E-state index contributed by atoms with van der Waals surface area (Å²) in [6, 6.07) is 17.2. The van der Waals surface area contributed by atoms with Crippen molar-refractivity contribution in [1.82, 2.24) is 9.88 Å². The smallest absolute Gasteiger partial charge is 0.269 e. The van der Waals surface area contributed by atoms with Crippen LogP contribution in [0.4, 0.5) is 5.69 Å². The van der Waals surface area contributed by atoms with Gasteiger partial charge in [0.25, 0.3) is 11.5 Å². The topological polar surface area (TPSA) is 104 Å². The third kappa shape index (κ3) is 5.42. The summed E-state index contributed by atoms with van der Waals surface area (Å²) in [4.78, 5) is 37.2. The molecule has 2 aromatic carbocycles. The van der Waals surface area contributed by atoms with E-state index in [1.54, 1.807) is 56.3 Å². The van der Waals surface area contributed by atoms with Crippen LogP contribution in [0.2, 0.25) is 5.02 Å². The number of nitrogens with one attached hydrogen (secondary N) is 2. The first-order chi connectivity index (χ1) is 15.3. The molecule has 0 bridgehead atoms. The van der Waals surface area contributed by atoms with Crippen LogP contribution in [0, 0.1) is 25.2 Å². The van der Waals surface area contributed by atoms with E-state index in [9.17, 15) is 14.4 Å². The Morgan fingerprint density at radius 1 is 1.09 bits per heavy atom. The molecule has 3 aromatic rings. The van der Waals surface area contributed by atoms with Crippen LogP contribution < -0.4 is 16.2 Å². The van der Waals surface area contributed by atoms with Crippen molar-refractivity contribution in [2.24, 2.45) is 0 Å². The summed E-state index contributed by atoms with van der Waals surface area (Å²) in [5, 5.41) is 15.3. The lowest BCUT2D eigenvalue weighted by molar-refractivity contribution is -0.116. The Kier molecular flexibility index (Phi) is 7.08. The van der Waals surface area contributed by atoms with Crippen molar-refractivity contribution in [2.45, 2.75) is 26.9 Å². The molecule has 162 valence electrons. The highest BCUT2D eigenvalue weighted by molar-refractivity contribution is 6.30. The number of carbonyl (C=O) groups is 2. The largest absolute Gasteiger partial charge is 0.348 e. The highest BCUT2D eigenvalue weighted by Gasteiger charge is 2.13. The normalized spacial score (nSPS) is 10.3. The fourth-order valence-corrected chi connectivity index (χ4v) is 3.45. The van der Waals surface area contributed by atoms with Crippen LogP contribution in [0.5, 0.6) is 0 Å². The van der Waals surface area contributed by atoms with Crippen molar-refractivity contribution in [2.75, 3.05) is 5.32 Å². The van der Waals surface area contributed by atoms with Crippen LogP contribution in [-0.4, -0.2) is 16.4 Å². The Balaban J connectivity index is 1.62. The molecule has 3 rings (SSSR count). The van der Waals surface area contributed by atoms with Crippen molar-refractivity contribution >= 4 is 29.1 Å². The molecule has 8 heteroatoms. The van der Waals surface area contributed by atoms with Crippen molar-refractivity contribution in [3.8, 4) is 6.07 Å². The van der Waals surface area contributed by atoms with Crippen molar-refractivity contribution in [3.63, 3.8) is 0 Å². The van der Waals surface area contributed by atoms with E-state index in [4.69, 9.17) is 16.9 Å². The maximum atomic E-state index is 12.4. The van der Waals surface area contributed by atoms with Gasteiger partial charge >= 0.3 is 0 Å². The van der Waals surface area contributed by atoms with Gasteiger partial charge < -0.3 is 15.2 Å². The molecule has 1 aromatic heterocycles. The minimum Gasteiger partial charge on any atom is -0.348 e. The second kappa shape index (κ2) is 9.94. The molecular weight excluding hydrogens is 428 g/mol. The summed E-state index contributed by atoms with van der Waals surface area (Å²) in [7, 11) is 0. The number of nitrogens with zero attached hydrogens (tertiary/aromatic N) is 2. The molecule has 0 aliphatic carbocycles. The molecule has 1 heterocycles. The van der Waals surface area contributed by atoms with Crippen molar-refractivity contribution < 1.29 is 9.59 Å². The van der Waals surface area contributed by atoms with Gasteiger partial charge in [0.05, 0.1) is 0 Å². The summed E-state index contributed by atoms with van der Waals surface area (Å²) in [5.41, 5.74) is 2.51. The fraction of sp³-hybridized carbons (Fsp3) is 0.167. The number of halogens is 1. The molecule has 0 spiro atoms. The van der Waals surface area contributed by atoms with Crippen LogP contribution in [0.3, 0.4) is 0 Å². The molecule has 2 amide bonds. The molecule has 0 radical (unpaired) electrons. The summed E-state index contributed by atoms with van der Waals surface area (Å²) in [5.74, 6) is -0.671. The van der Waals surface area contributed by atoms with Crippen LogP contribution >= 0.6 is 11.6 Å². The van der Waals surface area contributed by atoms with Crippen molar-refractivity contribution in [1.29, 1.82) is 5.26 Å². The van der Waals surface area contributed by atoms with E-state index < -0.39 is 11.5 Å². The van der Waals surface area contributed by atoms with E-state index in [0.29, 0.717) is 34.1 Å². The van der Waals surface area contributed by atoms with Crippen LogP contribution in [0.25, 0.3) is 0 Å². The predicted molar refractivity (Wildman–Crippen MR) is 123 cm³/mol. The van der Waals surface area contributed by atoms with Gasteiger partial charge in [0, 0.05) is 28.5 Å². The van der Waals surface area contributed by atoms with Gasteiger partial charge in [0.15, 0.2) is 0 Å². The summed E-state index contributed by atoms with van der Waals surface area (Å²) >= 11 is 5.95. The first-order valence-electron chi connectivity index (χ1n) is 9.82. The first kappa shape index (κ1) is 22.8. The minimum absolute atomic E-state index is 0.0246. The van der Waals surface area contributed by atoms with Gasteiger partial charge in [-0.3, -0.25) is 14.4 Å². The third-order valence-electron chi connectivity index (χ3n) is 4.89. The Labute approximate surface area is 190 Å². The number of rotatable bonds is 6. The lowest BCUT2D eigenvalue weighted by atomic mass is 10.1. The number of pyridine rings is 1. The lowest BCUT2D eigenvalue weighted by Crippen LogP contribution is -2.31. The quantitative estimate of drug-likeness (QED) is 0.601. The van der Waals surface area contributed by atoms with Crippen molar-refractivity contribution in [3.05, 3.63) is 97.9 Å². The molecule has 2 N–H and O–H groups in total. The molecule has 0 saturated heterocycles. The van der Waals surface area contributed by atoms with Crippen LogP contribution in [0.1, 0.15) is 32.7 Å². The zero-order valence-electron chi connectivity index (χ0n) is 17.6. The van der Waals surface area contributed by atoms with E-state index in [1.165, 1.54) is 4.57 Å². The zero-order valence-corrected chi connectivity index (χ0v) is 18.4. The van der Waals surface area contributed by atoms with Gasteiger partial charge in [-0.15, -0.1) is 0 Å². The Morgan fingerprint density at radius 3 is 2.47 bits per heavy atom. The van der Waals surface area contributed by atoms with Crippen LogP contribution in [0.15, 0.2) is 59.4 Å². The number of hydrogen-bond acceptors (Lipinski definition) is 4. The van der Waals surface area contributed by atoms with Gasteiger partial charge in [0.2, 0.25) is 5.91 Å². The van der Waals surface area contributed by atoms with E-state index in [0.717, 1.165) is 5.56 Å². The molecule has 0 aliphatic rings. The fourth-order valence-electron chi connectivity index (χ4n) is 3.24. The summed E-state index contributed by atoms with van der Waals surface area (Å²) in [6.45, 7) is 3.51. The van der Waals surface area contributed by atoms with E-state index in [2.05, 4.69) is 10.6 Å². The monoisotopic (exact) mass is 448 g/mol. The molecule has 0 saturated carbocycles. The number of amides is 2. The number of benzene rings is 2. The van der Waals surface area contributed by atoms with Gasteiger partial charge in [-0.05, 0) is 67.4 Å². The predicted octanol–water partition coefficient (Wildman–Crippen LogP) is 3.56. The van der Waals surface area contributed by atoms with E-state index in [-0.39, 0.29) is 18.0 Å². The molecule has 0 atom stereocenters. The molecule has 0 fully saturated rings. The molecule has 0 unspecified atom stereocenters. The number of anilines is 1. The Hall–Kier alpha value is -3.89. The first-order valence-corrected chi connectivity index (χ1v) is 10.2. The van der Waals surface area contributed by atoms with E-state index >= 15 is 0 Å². The maximum Gasteiger partial charge on any atom is 0.269 e. The average molecular weight is 449 g/mol. The summed E-state index contributed by atoms with van der Waals surface area (Å²) in [6.07, 6.45) is 0. The third-order valence-corrected chi connectivity index (χ3v) is 5.13. The Morgan fingerprint density at radius 2 is 1.81 bits per heavy atom. The summed E-state index contributed by atoms with van der Waals surface area (Å²) < 4.78 is 1.26. The Bertz CT molecular complexity index is 1270. The lowest BCUT2D eigenvalue weighted by Gasteiger charge is -2.12. The number of aromatic nitrogens is 1. The van der Waals surface area contributed by atoms with Gasteiger partial charge in [-0.25, -0.2) is 0 Å². The molecule has 32 heavy (non-hydrogen) atoms. The zero-order chi connectivity index (χ0) is 23.3. The second-order valence-electron chi connectivity index (χ2n) is 7.28. The maximum absolute atomic E-state index is 12.4. The average Bonchev–Trinajstić information content (AvgIpc) is 2.76. The van der Waals surface area contributed by atoms with Crippen LogP contribution in [-0.2, 0) is 17.9 Å². The number of nitriles is 1. The molecule has 7 nitrogen and oxygen atoms in total. The number of aryl methyl sites for hydroxylation is 2. The van der Waals surface area contributed by atoms with Gasteiger partial charge in [-0.1, -0.05) is 23.7 Å². The second-order valence-corrected chi connectivity index (χ2v) is 7.72. The molecular formula is C24H21ClN4O3. The van der Waals surface area contributed by atoms with E-state index in [1.807, 2.05) is 18.2 Å². The molecule has 0 aliphatic heterocycles. The standard InChI is InChI=1S/C24H21ClN4O3/c1-15-10-16(2)29(24(32)21(15)12-26)14-22(30)28-20-8-6-18(7-9-20)23(31)27-13-17-4-3-5-19(25)11-17/h3-11H,13-14H2,1-2H3,(H,27,31)(H,28,30). The number of hydrogen-bond donors (Lipinski definition) is 2. The minimum atomic E-state index is -0.494. The highest BCUT2D eigenvalue weighted by atomic mass is 35.5. The highest BCUT2D eigenvalue weighted by Crippen LogP contribution is 2.13. The SMILES string of the molecule is Cc1cc(C)n(CC(=O)Nc2ccc(C(=O)NCc3cccc(Cl)c3)cc2)c(=O)c1C#N. The van der Waals surface area contributed by atoms with Gasteiger partial charge in [-0.2, -0.15) is 5.26 Å². The van der Waals surface area contributed by atoms with Gasteiger partial charge in [0.1, 0.15) is 18.2 Å².